The Kier molecular flexibility index (Phi) is 38.2. The largest absolute Gasteiger partial charge is 1.00 e. The number of hydrogen-bond acceptors (Lipinski definition) is 15. The number of aliphatic hydroxyl groups excluding tert-OH is 1. The maximum absolute atomic E-state index is 12.8. The summed E-state index contributed by atoms with van der Waals surface area (Å²) in [5.41, 5.74) is 30.9. The Hall–Kier alpha value is -8.26. The number of unbranched alkanes of at least 4 members (excludes halogenated alkanes) is 1. The van der Waals surface area contributed by atoms with Crippen molar-refractivity contribution in [2.45, 2.75) is 184 Å². The van der Waals surface area contributed by atoms with E-state index in [1.807, 2.05) is 44.4 Å². The van der Waals surface area contributed by atoms with Crippen LogP contribution in [0.4, 0.5) is 39.8 Å². The summed E-state index contributed by atoms with van der Waals surface area (Å²) in [6.07, 6.45) is 20.8. The summed E-state index contributed by atoms with van der Waals surface area (Å²) in [5, 5.41) is 21.6. The van der Waals surface area contributed by atoms with Gasteiger partial charge < -0.3 is 72.4 Å². The van der Waals surface area contributed by atoms with Crippen LogP contribution in [-0.2, 0) is 87.0 Å². The zero-order chi connectivity index (χ0) is 90.7. The van der Waals surface area contributed by atoms with Crippen molar-refractivity contribution in [3.05, 3.63) is 348 Å². The van der Waals surface area contributed by atoms with Gasteiger partial charge in [-0.3, -0.25) is 0 Å². The topological polar surface area (TPSA) is 161 Å². The molecule has 14 rings (SSSR count). The number of benzene rings is 10. The van der Waals surface area contributed by atoms with Crippen LogP contribution >= 0.6 is 0 Å². The molecule has 0 bridgehead atoms. The number of anilines is 7. The molecule has 0 amide bonds. The number of aromatic carboxylic acids is 1. The second-order valence-electron chi connectivity index (χ2n) is 36.1. The average molecular weight is 2030 g/mol. The zero-order valence-electron chi connectivity index (χ0n) is 79.3. The molecule has 3 aliphatic carbocycles. The summed E-state index contributed by atoms with van der Waals surface area (Å²) in [6.45, 7) is 41.6. The summed E-state index contributed by atoms with van der Waals surface area (Å²) in [4.78, 5) is 32.0. The van der Waals surface area contributed by atoms with E-state index in [9.17, 15) is 14.7 Å². The first-order valence-corrected chi connectivity index (χ1v) is 44.9. The van der Waals surface area contributed by atoms with E-state index in [1.54, 1.807) is 19.2 Å². The van der Waals surface area contributed by atoms with E-state index in [0.717, 1.165) is 67.3 Å². The summed E-state index contributed by atoms with van der Waals surface area (Å²) >= 11 is 0. The van der Waals surface area contributed by atoms with E-state index in [0.29, 0.717) is 64.0 Å². The van der Waals surface area contributed by atoms with Crippen molar-refractivity contribution >= 4 is 52.1 Å². The molecule has 0 aromatic heterocycles. The van der Waals surface area contributed by atoms with Crippen LogP contribution < -0.4 is 93.4 Å². The van der Waals surface area contributed by atoms with Crippen LogP contribution in [0.3, 0.4) is 0 Å². The Labute approximate surface area is 840 Å². The summed E-state index contributed by atoms with van der Waals surface area (Å²) in [7, 11) is 1.61. The first-order valence-electron chi connectivity index (χ1n) is 44.9. The van der Waals surface area contributed by atoms with Gasteiger partial charge in [0.05, 0.1) is 114 Å². The fourth-order valence-corrected chi connectivity index (χ4v) is 17.6. The Balaban J connectivity index is 0.000000211. The molecule has 4 unspecified atom stereocenters. The van der Waals surface area contributed by atoms with E-state index >= 15 is 0 Å². The number of aliphatic hydroxyl groups is 1. The number of rotatable bonds is 35. The molecule has 129 heavy (non-hydrogen) atoms. The Morgan fingerprint density at radius 1 is 0.512 bits per heavy atom. The van der Waals surface area contributed by atoms with Crippen molar-refractivity contribution in [1.82, 2.24) is 0 Å². The van der Waals surface area contributed by atoms with Gasteiger partial charge in [0.15, 0.2) is 0 Å². The van der Waals surface area contributed by atoms with Crippen LogP contribution in [0.15, 0.2) is 242 Å². The number of carboxylic acid groups (broad SMARTS) is 1. The van der Waals surface area contributed by atoms with Crippen LogP contribution in [0, 0.1) is 61.8 Å². The van der Waals surface area contributed by atoms with Gasteiger partial charge in [-0.2, -0.15) is 0 Å². The summed E-state index contributed by atoms with van der Waals surface area (Å²) < 4.78 is 45.1. The summed E-state index contributed by atoms with van der Waals surface area (Å²) in [5.74, 6) is -1.20. The Bertz CT molecular complexity index is 5260. The molecule has 15 nitrogen and oxygen atoms in total. The normalized spacial score (nSPS) is 15.6. The number of carbonyl (C=O) groups is 1. The number of aryl methyl sites for hydroxylation is 9. The number of fused-ring (bicyclic) bond motifs is 5. The van der Waals surface area contributed by atoms with Crippen molar-refractivity contribution in [2.75, 3.05) is 101 Å². The number of methoxy groups -OCH3 is 1. The Morgan fingerprint density at radius 2 is 0.930 bits per heavy atom. The molecule has 674 valence electrons. The quantitative estimate of drug-likeness (QED) is 0.0295. The molecule has 0 saturated carbocycles. The van der Waals surface area contributed by atoms with Crippen LogP contribution in [0.1, 0.15) is 180 Å². The number of carbonyl (C=O) groups excluding carboxylic acids is 2. The molecule has 17 heteroatoms. The predicted molar refractivity (Wildman–Crippen MR) is 515 cm³/mol. The molecular weight excluding hydrogens is 1900 g/mol. The van der Waals surface area contributed by atoms with Crippen LogP contribution in [0.5, 0.6) is 5.75 Å². The minimum absolute atomic E-state index is 0. The molecule has 1 N–H and O–H groups in total. The van der Waals surface area contributed by atoms with Crippen molar-refractivity contribution < 1.29 is 146 Å². The number of morpholine rings is 1. The van der Waals surface area contributed by atoms with Crippen LogP contribution in [0.2, 0.25) is 0 Å². The second kappa shape index (κ2) is 47.9. The van der Waals surface area contributed by atoms with Crippen LogP contribution in [-0.4, -0.2) is 128 Å². The fraction of sp³-hybridized carbons (Fsp3) is 0.366. The number of allylic oxidation sites excluding steroid dienone is 4. The molecule has 10 aromatic carbocycles. The third kappa shape index (κ3) is 25.6. The monoisotopic (exact) mass is 2030 g/mol. The second-order valence-corrected chi connectivity index (χ2v) is 36.1. The number of hydrogen-bond donors (Lipinski definition) is 1. The van der Waals surface area contributed by atoms with Gasteiger partial charge in [-0.25, -0.2) is 0 Å². The minimum Gasteiger partial charge on any atom is -0.545 e. The van der Waals surface area contributed by atoms with Gasteiger partial charge in [0, 0.05) is 72.0 Å². The van der Waals surface area contributed by atoms with Gasteiger partial charge in [-0.1, -0.05) is 234 Å². The number of carboxylic acids is 1. The van der Waals surface area contributed by atoms with Gasteiger partial charge in [0.1, 0.15) is 31.2 Å². The minimum atomic E-state index is -1.37. The molecule has 4 aliphatic rings. The first-order chi connectivity index (χ1) is 61.0. The van der Waals surface area contributed by atoms with E-state index in [1.165, 1.54) is 104 Å². The van der Waals surface area contributed by atoms with Gasteiger partial charge in [0.25, 0.3) is 0 Å². The maximum Gasteiger partial charge on any atom is 1.00 e. The average Bonchev–Trinajstić information content (AvgIpc) is 1.53. The fourth-order valence-electron chi connectivity index (χ4n) is 17.6. The molecule has 1 saturated heterocycles. The van der Waals surface area contributed by atoms with Crippen molar-refractivity contribution in [2.24, 2.45) is 0 Å². The standard InChI is InChI=1S/C44H52N2.C44H50O11.C24H29NO.Cs.Os/c1-29-13-17-37(18-14-29)45(41-31(3)25-35(26-32(41)4)43(7,8)9)39-21-23-40(24-22-39)46(38-19-15-30(2)16-20-38)42-33(5)27-36(28-34(42)6)44(10,11)12;1-31-4-9-37-38-10-5-32(2)27-41(38)44(40(37)26-31,35-7-6-34(33(28-35)12-13-45)30-54-23-22-52-19-18-50-15-14-46)36-8-11-42(39(29-36)43(47)48)55-25-24-53-21-20-51-17-16-49-3;1-4-5-6-19-9-11-20(12-10-19)25-21-13-7-17(2)15-23(21)26-24-16-18(3)8-14-22(24)25;;/h13-28H,1-12H3;4-12,26-29,46H,14-25,30H2,1-3H3,(H,47,48);7-16,21-24H,4-6H2,1-3H3;;/q;;;+1;/p-1. The molecule has 0 radical (unpaired) electrons. The Morgan fingerprint density at radius 3 is 1.36 bits per heavy atom. The molecule has 10 aromatic rings. The molecule has 1 heterocycles. The SMILES string of the molecule is CCCCc1ccc(N2C3C=CC(C)=CC3OC3C=C(C)C=CC32)cc1.COCCOCCOCCOc1ccc(C2(c3ccc(COCCOCCOCCO)c([CH+][C-]=O)c3)c3cc(C)ccc3-c3ccc(C)cc32)cc1C(=O)[O-].Cc1ccc(N(c2ccc(N(c3ccc(C)cc3)c3c(C)cc(C(C)(C)C)cc3C)cc2)c2c(C)cc(C(C)(C)C)cc2C)cc1.[Cs+].[Os]. The number of nitrogens with zero attached hydrogens (tertiary/aromatic N) is 3. The van der Waals surface area contributed by atoms with Gasteiger partial charge in [0.2, 0.25) is 0 Å². The van der Waals surface area contributed by atoms with Crippen molar-refractivity contribution in [3.8, 4) is 16.9 Å². The zero-order valence-corrected chi connectivity index (χ0v) is 88.1. The van der Waals surface area contributed by atoms with Gasteiger partial charge in [-0.05, 0) is 256 Å². The van der Waals surface area contributed by atoms with Gasteiger partial charge >= 0.3 is 68.9 Å². The van der Waals surface area contributed by atoms with Gasteiger partial charge in [-0.15, -0.1) is 0 Å². The van der Waals surface area contributed by atoms with E-state index in [4.69, 9.17) is 43.0 Å². The molecule has 1 aliphatic heterocycles. The molecule has 1 fully saturated rings. The molecule has 4 atom stereocenters. The van der Waals surface area contributed by atoms with E-state index in [2.05, 4.69) is 313 Å². The van der Waals surface area contributed by atoms with E-state index in [-0.39, 0.29) is 168 Å². The third-order valence-electron chi connectivity index (χ3n) is 24.2. The van der Waals surface area contributed by atoms with Crippen LogP contribution in [0.25, 0.3) is 11.1 Å². The van der Waals surface area contributed by atoms with Crippen molar-refractivity contribution in [3.63, 3.8) is 0 Å². The molecule has 0 spiro atoms. The number of ether oxygens (including phenoxy) is 8. The first kappa shape index (κ1) is 103. The summed E-state index contributed by atoms with van der Waals surface area (Å²) in [6, 6.07) is 69.8. The van der Waals surface area contributed by atoms with Crippen molar-refractivity contribution in [1.29, 1.82) is 0 Å². The predicted octanol–water partition coefficient (Wildman–Crippen LogP) is 19.7. The molecular formula is C112H130CsN3O12Os. The smallest absolute Gasteiger partial charge is 0.545 e. The maximum atomic E-state index is 12.8. The third-order valence-corrected chi connectivity index (χ3v) is 24.2. The van der Waals surface area contributed by atoms with E-state index < -0.39 is 11.4 Å².